The molecule has 41 heavy (non-hydrogen) atoms. The zero-order valence-electron chi connectivity index (χ0n) is 23.0. The third kappa shape index (κ3) is 5.36. The van der Waals surface area contributed by atoms with Crippen LogP contribution in [0.1, 0.15) is 43.7 Å². The quantitative estimate of drug-likeness (QED) is 0.179. The molecule has 0 bridgehead atoms. The molecule has 0 amide bonds. The molecule has 0 fully saturated rings. The number of esters is 1. The number of nitro groups is 1. The standard InChI is InChI=1S/C30H27N3O7S/c1-16(2)39-29(35)26-18(4)31-30-32(27(26)19-6-9-21(38-5)10-7-19)28(34)25(41-30)15-22-11-13-24(40-22)23-12-8-20(33(36)37)14-17(23)3/h6-16,27H,1-5H3/b25-15-. The summed E-state index contributed by atoms with van der Waals surface area (Å²) in [7, 11) is 1.57. The zero-order valence-corrected chi connectivity index (χ0v) is 23.9. The number of nitro benzene ring substituents is 1. The van der Waals surface area contributed by atoms with E-state index in [0.29, 0.717) is 49.0 Å². The van der Waals surface area contributed by atoms with Gasteiger partial charge in [-0.2, -0.15) is 0 Å². The molecule has 10 nitrogen and oxygen atoms in total. The van der Waals surface area contributed by atoms with Gasteiger partial charge < -0.3 is 13.9 Å². The molecule has 0 saturated carbocycles. The highest BCUT2D eigenvalue weighted by molar-refractivity contribution is 7.07. The summed E-state index contributed by atoms with van der Waals surface area (Å²) in [5.41, 5.74) is 2.53. The molecule has 3 heterocycles. The molecule has 2 aromatic heterocycles. The maximum absolute atomic E-state index is 13.8. The monoisotopic (exact) mass is 573 g/mol. The Morgan fingerprint density at radius 2 is 1.88 bits per heavy atom. The van der Waals surface area contributed by atoms with Crippen molar-refractivity contribution in [1.29, 1.82) is 0 Å². The van der Waals surface area contributed by atoms with Crippen LogP contribution in [-0.2, 0) is 9.53 Å². The van der Waals surface area contributed by atoms with Crippen LogP contribution < -0.4 is 19.6 Å². The second kappa shape index (κ2) is 11.0. The minimum atomic E-state index is -0.750. The highest BCUT2D eigenvalue weighted by Crippen LogP contribution is 2.32. The predicted octanol–water partition coefficient (Wildman–Crippen LogP) is 4.67. The first-order valence-corrected chi connectivity index (χ1v) is 13.6. The summed E-state index contributed by atoms with van der Waals surface area (Å²) in [4.78, 5) is 42.8. The molecule has 2 aromatic carbocycles. The van der Waals surface area contributed by atoms with E-state index in [1.165, 1.54) is 28.0 Å². The van der Waals surface area contributed by atoms with Gasteiger partial charge in [0.15, 0.2) is 4.80 Å². The number of ether oxygens (including phenoxy) is 2. The molecule has 0 N–H and O–H groups in total. The summed E-state index contributed by atoms with van der Waals surface area (Å²) in [5, 5.41) is 11.1. The third-order valence-corrected chi connectivity index (χ3v) is 7.59. The minimum Gasteiger partial charge on any atom is -0.497 e. The number of hydrogen-bond donors (Lipinski definition) is 0. The van der Waals surface area contributed by atoms with Crippen LogP contribution >= 0.6 is 11.3 Å². The van der Waals surface area contributed by atoms with Crippen molar-refractivity contribution in [3.63, 3.8) is 0 Å². The van der Waals surface area contributed by atoms with E-state index in [-0.39, 0.29) is 22.9 Å². The van der Waals surface area contributed by atoms with Gasteiger partial charge in [0.25, 0.3) is 11.2 Å². The van der Waals surface area contributed by atoms with Gasteiger partial charge in [0.2, 0.25) is 0 Å². The van der Waals surface area contributed by atoms with Gasteiger partial charge in [-0.3, -0.25) is 19.5 Å². The molecule has 1 aliphatic rings. The van der Waals surface area contributed by atoms with Gasteiger partial charge in [-0.1, -0.05) is 23.5 Å². The molecule has 1 atom stereocenters. The largest absolute Gasteiger partial charge is 0.497 e. The Labute approximate surface area is 238 Å². The van der Waals surface area contributed by atoms with Gasteiger partial charge >= 0.3 is 5.97 Å². The highest BCUT2D eigenvalue weighted by Gasteiger charge is 2.33. The number of allylic oxidation sites excluding steroid dienone is 1. The Morgan fingerprint density at radius 1 is 1.15 bits per heavy atom. The van der Waals surface area contributed by atoms with E-state index in [0.717, 1.165) is 0 Å². The van der Waals surface area contributed by atoms with Gasteiger partial charge in [0, 0.05) is 23.8 Å². The average molecular weight is 574 g/mol. The lowest BCUT2D eigenvalue weighted by Crippen LogP contribution is -2.40. The van der Waals surface area contributed by atoms with Crippen LogP contribution in [0.5, 0.6) is 5.75 Å². The first kappa shape index (κ1) is 27.8. The molecule has 0 spiro atoms. The van der Waals surface area contributed by atoms with Crippen molar-refractivity contribution in [2.45, 2.75) is 39.8 Å². The lowest BCUT2D eigenvalue weighted by molar-refractivity contribution is -0.384. The second-order valence-electron chi connectivity index (χ2n) is 9.77. The van der Waals surface area contributed by atoms with Crippen molar-refractivity contribution >= 4 is 29.1 Å². The van der Waals surface area contributed by atoms with E-state index in [1.54, 1.807) is 71.2 Å². The van der Waals surface area contributed by atoms with Crippen LogP contribution in [0.25, 0.3) is 17.4 Å². The number of rotatable bonds is 7. The number of nitrogens with zero attached hydrogens (tertiary/aromatic N) is 3. The summed E-state index contributed by atoms with van der Waals surface area (Å²) < 4.78 is 18.7. The fourth-order valence-electron chi connectivity index (χ4n) is 4.70. The fraction of sp³-hybridized carbons (Fsp3) is 0.233. The van der Waals surface area contributed by atoms with Crippen LogP contribution in [-0.4, -0.2) is 28.7 Å². The molecule has 5 rings (SSSR count). The maximum atomic E-state index is 13.8. The number of hydrogen-bond acceptors (Lipinski definition) is 9. The molecule has 0 aliphatic carbocycles. The maximum Gasteiger partial charge on any atom is 0.338 e. The summed E-state index contributed by atoms with van der Waals surface area (Å²) >= 11 is 1.19. The molecule has 0 radical (unpaired) electrons. The number of aryl methyl sites for hydroxylation is 1. The number of non-ortho nitro benzene ring substituents is 1. The predicted molar refractivity (Wildman–Crippen MR) is 154 cm³/mol. The van der Waals surface area contributed by atoms with E-state index < -0.39 is 16.9 Å². The highest BCUT2D eigenvalue weighted by atomic mass is 32.1. The first-order valence-electron chi connectivity index (χ1n) is 12.8. The number of fused-ring (bicyclic) bond motifs is 1. The van der Waals surface area contributed by atoms with E-state index in [1.807, 2.05) is 12.1 Å². The van der Waals surface area contributed by atoms with Crippen molar-refractivity contribution in [1.82, 2.24) is 4.57 Å². The Morgan fingerprint density at radius 3 is 2.51 bits per heavy atom. The molecule has 0 saturated heterocycles. The summed E-state index contributed by atoms with van der Waals surface area (Å²) in [6.07, 6.45) is 1.28. The van der Waals surface area contributed by atoms with Crippen LogP contribution in [0.2, 0.25) is 0 Å². The topological polar surface area (TPSA) is 126 Å². The van der Waals surface area contributed by atoms with Gasteiger partial charge in [0.1, 0.15) is 17.3 Å². The Balaban J connectivity index is 1.60. The third-order valence-electron chi connectivity index (χ3n) is 6.60. The Bertz CT molecular complexity index is 1880. The zero-order chi connectivity index (χ0) is 29.4. The molecule has 1 unspecified atom stereocenters. The number of furan rings is 1. The van der Waals surface area contributed by atoms with Crippen molar-refractivity contribution in [2.75, 3.05) is 7.11 Å². The second-order valence-corrected chi connectivity index (χ2v) is 10.8. The van der Waals surface area contributed by atoms with Gasteiger partial charge in [0.05, 0.1) is 40.0 Å². The number of carbonyl (C=O) groups is 1. The summed E-state index contributed by atoms with van der Waals surface area (Å²) in [6.45, 7) is 7.03. The van der Waals surface area contributed by atoms with E-state index in [9.17, 15) is 19.7 Å². The lowest BCUT2D eigenvalue weighted by atomic mass is 9.96. The number of aromatic nitrogens is 1. The normalized spacial score (nSPS) is 15.1. The SMILES string of the molecule is COc1ccc(C2C(C(=O)OC(C)C)=C(C)N=c3s/c(=C\c4ccc(-c5ccc([N+](=O)[O-])cc5C)o4)c(=O)n32)cc1. The van der Waals surface area contributed by atoms with E-state index >= 15 is 0 Å². The first-order chi connectivity index (χ1) is 19.6. The molecular formula is C30H27N3O7S. The summed E-state index contributed by atoms with van der Waals surface area (Å²) in [6, 6.07) is 14.5. The number of thiazole rings is 1. The van der Waals surface area contributed by atoms with Crippen LogP contribution in [0.3, 0.4) is 0 Å². The van der Waals surface area contributed by atoms with Gasteiger partial charge in [-0.15, -0.1) is 0 Å². The smallest absolute Gasteiger partial charge is 0.338 e. The number of methoxy groups -OCH3 is 1. The van der Waals surface area contributed by atoms with E-state index in [4.69, 9.17) is 13.9 Å². The van der Waals surface area contributed by atoms with Crippen LogP contribution in [0, 0.1) is 17.0 Å². The number of benzene rings is 2. The van der Waals surface area contributed by atoms with Crippen molar-refractivity contribution in [3.8, 4) is 17.1 Å². The molecule has 1 aliphatic heterocycles. The van der Waals surface area contributed by atoms with Gasteiger partial charge in [-0.25, -0.2) is 9.79 Å². The van der Waals surface area contributed by atoms with Crippen molar-refractivity contribution in [2.24, 2.45) is 4.99 Å². The number of carbonyl (C=O) groups excluding carboxylic acids is 1. The van der Waals surface area contributed by atoms with Crippen molar-refractivity contribution < 1.29 is 23.6 Å². The Kier molecular flexibility index (Phi) is 7.46. The molecule has 4 aromatic rings. The van der Waals surface area contributed by atoms with Crippen LogP contribution in [0.4, 0.5) is 5.69 Å². The van der Waals surface area contributed by atoms with Gasteiger partial charge in [-0.05, 0) is 69.2 Å². The minimum absolute atomic E-state index is 0.00232. The van der Waals surface area contributed by atoms with Crippen molar-refractivity contribution in [3.05, 3.63) is 113 Å². The van der Waals surface area contributed by atoms with E-state index in [2.05, 4.69) is 4.99 Å². The van der Waals surface area contributed by atoms with Crippen LogP contribution in [0.15, 0.2) is 80.1 Å². The average Bonchev–Trinajstić information content (AvgIpc) is 3.51. The molecule has 11 heteroatoms. The molecular weight excluding hydrogens is 546 g/mol. The fourth-order valence-corrected chi connectivity index (χ4v) is 5.73. The summed E-state index contributed by atoms with van der Waals surface area (Å²) in [5.74, 6) is 1.05. The Hall–Kier alpha value is -4.77. The lowest BCUT2D eigenvalue weighted by Gasteiger charge is -2.25. The molecule has 210 valence electrons.